The van der Waals surface area contributed by atoms with Gasteiger partial charge in [0.25, 0.3) is 0 Å². The molecule has 0 amide bonds. The lowest BCUT2D eigenvalue weighted by atomic mass is 10.0. The lowest BCUT2D eigenvalue weighted by Crippen LogP contribution is -2.49. The molecule has 1 aliphatic heterocycles. The molecule has 168 valence electrons. The highest BCUT2D eigenvalue weighted by Gasteiger charge is 2.20. The fourth-order valence-electron chi connectivity index (χ4n) is 3.43. The van der Waals surface area contributed by atoms with E-state index in [0.29, 0.717) is 18.5 Å². The van der Waals surface area contributed by atoms with Crippen LogP contribution in [0.2, 0.25) is 0 Å². The molecule has 3 N–H and O–H groups in total. The molecule has 0 atom stereocenters. The van der Waals surface area contributed by atoms with Gasteiger partial charge in [-0.3, -0.25) is 14.9 Å². The van der Waals surface area contributed by atoms with Crippen molar-refractivity contribution in [1.29, 1.82) is 0 Å². The van der Waals surface area contributed by atoms with Crippen molar-refractivity contribution in [3.8, 4) is 0 Å². The Bertz CT molecular complexity index is 946. The van der Waals surface area contributed by atoms with Gasteiger partial charge in [0.1, 0.15) is 10.7 Å². The molecule has 1 aromatic heterocycles. The van der Waals surface area contributed by atoms with Gasteiger partial charge >= 0.3 is 0 Å². The first-order valence-electron chi connectivity index (χ1n) is 10.3. The van der Waals surface area contributed by atoms with Gasteiger partial charge in [0.2, 0.25) is 10.0 Å². The Kier molecular flexibility index (Phi) is 8.33. The molecule has 1 fully saturated rings. The molecule has 8 nitrogen and oxygen atoms in total. The standard InChI is InChI=1S/C21H29FN6O2S/c1-23-21(25-11-12-26-31(29,30)20-3-2-10-24-15-20)27-19-8-13-28(14-9-19)16-17-4-6-18(22)7-5-17/h2-7,10,15,19,26H,8-9,11-14,16H2,1H3,(H2,23,25,27). The summed E-state index contributed by atoms with van der Waals surface area (Å²) in [4.78, 5) is 10.6. The number of benzene rings is 1. The average Bonchev–Trinajstić information content (AvgIpc) is 2.79. The van der Waals surface area contributed by atoms with Crippen molar-refractivity contribution in [3.05, 3.63) is 60.2 Å². The third kappa shape index (κ3) is 7.27. The van der Waals surface area contributed by atoms with Crippen LogP contribution in [0.4, 0.5) is 4.39 Å². The second kappa shape index (κ2) is 11.2. The third-order valence-corrected chi connectivity index (χ3v) is 6.57. The molecule has 2 heterocycles. The Balaban J connectivity index is 1.36. The van der Waals surface area contributed by atoms with Crippen LogP contribution in [0, 0.1) is 5.82 Å². The Morgan fingerprint density at radius 1 is 1.19 bits per heavy atom. The number of hydrogen-bond acceptors (Lipinski definition) is 5. The van der Waals surface area contributed by atoms with Crippen molar-refractivity contribution < 1.29 is 12.8 Å². The number of pyridine rings is 1. The quantitative estimate of drug-likeness (QED) is 0.320. The second-order valence-electron chi connectivity index (χ2n) is 7.41. The largest absolute Gasteiger partial charge is 0.355 e. The number of aliphatic imine (C=N–C) groups is 1. The lowest BCUT2D eigenvalue weighted by molar-refractivity contribution is 0.198. The monoisotopic (exact) mass is 448 g/mol. The van der Waals surface area contributed by atoms with Crippen molar-refractivity contribution >= 4 is 16.0 Å². The fraction of sp³-hybridized carbons (Fsp3) is 0.429. The number of guanidine groups is 1. The van der Waals surface area contributed by atoms with Gasteiger partial charge in [-0.1, -0.05) is 12.1 Å². The highest BCUT2D eigenvalue weighted by Crippen LogP contribution is 2.14. The van der Waals surface area contributed by atoms with Gasteiger partial charge in [0, 0.05) is 58.2 Å². The molecule has 0 saturated carbocycles. The molecule has 0 unspecified atom stereocenters. The molecular formula is C21H29FN6O2S. The summed E-state index contributed by atoms with van der Waals surface area (Å²) in [5.74, 6) is 0.438. The topological polar surface area (TPSA) is 98.7 Å². The van der Waals surface area contributed by atoms with Gasteiger partial charge in [-0.2, -0.15) is 0 Å². The van der Waals surface area contributed by atoms with Crippen LogP contribution in [0.25, 0.3) is 0 Å². The molecule has 0 radical (unpaired) electrons. The van der Waals surface area contributed by atoms with Crippen LogP contribution in [0.3, 0.4) is 0 Å². The van der Waals surface area contributed by atoms with E-state index in [1.807, 2.05) is 12.1 Å². The maximum absolute atomic E-state index is 13.0. The molecule has 3 rings (SSSR count). The smallest absolute Gasteiger partial charge is 0.242 e. The maximum Gasteiger partial charge on any atom is 0.242 e. The normalized spacial score (nSPS) is 16.3. The molecule has 1 aliphatic rings. The number of hydrogen-bond donors (Lipinski definition) is 3. The van der Waals surface area contributed by atoms with E-state index in [4.69, 9.17) is 0 Å². The van der Waals surface area contributed by atoms with Crippen LogP contribution in [0.1, 0.15) is 18.4 Å². The first-order chi connectivity index (χ1) is 15.0. The molecule has 2 aromatic rings. The van der Waals surface area contributed by atoms with Crippen LogP contribution >= 0.6 is 0 Å². The van der Waals surface area contributed by atoms with Crippen LogP contribution in [0.5, 0.6) is 0 Å². The summed E-state index contributed by atoms with van der Waals surface area (Å²) in [5, 5.41) is 6.55. The molecule has 1 saturated heterocycles. The summed E-state index contributed by atoms with van der Waals surface area (Å²) in [6, 6.07) is 10.0. The zero-order valence-electron chi connectivity index (χ0n) is 17.6. The Morgan fingerprint density at radius 3 is 2.58 bits per heavy atom. The summed E-state index contributed by atoms with van der Waals surface area (Å²) >= 11 is 0. The number of nitrogens with one attached hydrogen (secondary N) is 3. The number of sulfonamides is 1. The van der Waals surface area contributed by atoms with Gasteiger partial charge in [-0.25, -0.2) is 17.5 Å². The minimum atomic E-state index is -3.57. The van der Waals surface area contributed by atoms with Crippen LogP contribution < -0.4 is 15.4 Å². The summed E-state index contributed by atoms with van der Waals surface area (Å²) in [5.41, 5.74) is 1.11. The Hall–Kier alpha value is -2.56. The van der Waals surface area contributed by atoms with Crippen molar-refractivity contribution in [2.45, 2.75) is 30.3 Å². The highest BCUT2D eigenvalue weighted by molar-refractivity contribution is 7.89. The van der Waals surface area contributed by atoms with E-state index in [9.17, 15) is 12.8 Å². The van der Waals surface area contributed by atoms with E-state index >= 15 is 0 Å². The van der Waals surface area contributed by atoms with Gasteiger partial charge < -0.3 is 10.6 Å². The van der Waals surface area contributed by atoms with Crippen LogP contribution in [0.15, 0.2) is 58.7 Å². The summed E-state index contributed by atoms with van der Waals surface area (Å²) < 4.78 is 40.0. The number of halogens is 1. The number of rotatable bonds is 8. The van der Waals surface area contributed by atoms with E-state index in [1.54, 1.807) is 13.1 Å². The predicted octanol–water partition coefficient (Wildman–Crippen LogP) is 1.33. The molecule has 0 aliphatic carbocycles. The van der Waals surface area contributed by atoms with Gasteiger partial charge in [-0.15, -0.1) is 0 Å². The van der Waals surface area contributed by atoms with Gasteiger partial charge in [0.15, 0.2) is 5.96 Å². The van der Waals surface area contributed by atoms with Crippen LogP contribution in [-0.2, 0) is 16.6 Å². The summed E-state index contributed by atoms with van der Waals surface area (Å²) in [6.45, 7) is 3.33. The first kappa shape index (κ1) is 23.1. The number of piperidine rings is 1. The van der Waals surface area contributed by atoms with E-state index in [-0.39, 0.29) is 17.3 Å². The molecule has 1 aromatic carbocycles. The lowest BCUT2D eigenvalue weighted by Gasteiger charge is -2.33. The molecule has 31 heavy (non-hydrogen) atoms. The van der Waals surface area contributed by atoms with Crippen molar-refractivity contribution in [1.82, 2.24) is 25.2 Å². The molecule has 0 bridgehead atoms. The minimum Gasteiger partial charge on any atom is -0.355 e. The Labute approximate surface area is 183 Å². The van der Waals surface area contributed by atoms with E-state index in [2.05, 4.69) is 30.2 Å². The van der Waals surface area contributed by atoms with Crippen molar-refractivity contribution in [2.24, 2.45) is 4.99 Å². The highest BCUT2D eigenvalue weighted by atomic mass is 32.2. The van der Waals surface area contributed by atoms with E-state index in [1.165, 1.54) is 30.6 Å². The van der Waals surface area contributed by atoms with E-state index in [0.717, 1.165) is 38.0 Å². The average molecular weight is 449 g/mol. The maximum atomic E-state index is 13.0. The SMILES string of the molecule is CN=C(NCCNS(=O)(=O)c1cccnc1)NC1CCN(Cc2ccc(F)cc2)CC1. The molecular weight excluding hydrogens is 419 g/mol. The van der Waals surface area contributed by atoms with Gasteiger partial charge in [-0.05, 0) is 42.7 Å². The van der Waals surface area contributed by atoms with Gasteiger partial charge in [0.05, 0.1) is 0 Å². The van der Waals surface area contributed by atoms with Crippen molar-refractivity contribution in [3.63, 3.8) is 0 Å². The zero-order valence-corrected chi connectivity index (χ0v) is 18.4. The van der Waals surface area contributed by atoms with Crippen LogP contribution in [-0.4, -0.2) is 63.5 Å². The van der Waals surface area contributed by atoms with E-state index < -0.39 is 10.0 Å². The second-order valence-corrected chi connectivity index (χ2v) is 9.17. The first-order valence-corrected chi connectivity index (χ1v) is 11.8. The predicted molar refractivity (Wildman–Crippen MR) is 119 cm³/mol. The molecule has 0 spiro atoms. The summed E-state index contributed by atoms with van der Waals surface area (Å²) in [6.07, 6.45) is 4.78. The van der Waals surface area contributed by atoms with Crippen molar-refractivity contribution in [2.75, 3.05) is 33.2 Å². The summed E-state index contributed by atoms with van der Waals surface area (Å²) in [7, 11) is -1.87. The number of nitrogens with zero attached hydrogens (tertiary/aromatic N) is 3. The third-order valence-electron chi connectivity index (χ3n) is 5.13. The number of likely N-dealkylation sites (tertiary alicyclic amines) is 1. The Morgan fingerprint density at radius 2 is 1.94 bits per heavy atom. The zero-order chi connectivity index (χ0) is 22.1. The number of aromatic nitrogens is 1. The fourth-order valence-corrected chi connectivity index (χ4v) is 4.42. The molecule has 10 heteroatoms. The minimum absolute atomic E-state index is 0.143.